The zero-order valence-electron chi connectivity index (χ0n) is 13.3. The molecule has 0 amide bonds. The highest BCUT2D eigenvalue weighted by Crippen LogP contribution is 2.26. The quantitative estimate of drug-likeness (QED) is 0.739. The second-order valence-corrected chi connectivity index (χ2v) is 6.64. The fourth-order valence-corrected chi connectivity index (χ4v) is 3.40. The van der Waals surface area contributed by atoms with Crippen LogP contribution in [0.4, 0.5) is 0 Å². The van der Waals surface area contributed by atoms with Crippen molar-refractivity contribution in [2.45, 2.75) is 26.5 Å². The molecule has 1 unspecified atom stereocenters. The molecule has 0 spiro atoms. The van der Waals surface area contributed by atoms with Gasteiger partial charge in [0.1, 0.15) is 17.4 Å². The summed E-state index contributed by atoms with van der Waals surface area (Å²) >= 11 is 1.63. The number of aryl methyl sites for hydroxylation is 1. The van der Waals surface area contributed by atoms with Gasteiger partial charge in [-0.1, -0.05) is 42.5 Å². The molecule has 0 aliphatic carbocycles. The van der Waals surface area contributed by atoms with Gasteiger partial charge in [0.15, 0.2) is 0 Å². The number of hydrogen-bond donors (Lipinski definition) is 1. The van der Waals surface area contributed by atoms with E-state index >= 15 is 0 Å². The van der Waals surface area contributed by atoms with Crippen LogP contribution in [-0.4, -0.2) is 4.98 Å². The van der Waals surface area contributed by atoms with Gasteiger partial charge in [0.05, 0.1) is 5.69 Å². The molecule has 0 aliphatic rings. The molecule has 0 radical (unpaired) electrons. The predicted molar refractivity (Wildman–Crippen MR) is 95.7 cm³/mol. The first-order valence-electron chi connectivity index (χ1n) is 7.63. The Morgan fingerprint density at radius 2 is 1.70 bits per heavy atom. The van der Waals surface area contributed by atoms with Gasteiger partial charge < -0.3 is 10.5 Å². The van der Waals surface area contributed by atoms with E-state index in [9.17, 15) is 0 Å². The van der Waals surface area contributed by atoms with Crippen LogP contribution in [0.1, 0.15) is 28.5 Å². The predicted octanol–water partition coefficient (Wildman–Crippen LogP) is 4.72. The van der Waals surface area contributed by atoms with Gasteiger partial charge in [0.2, 0.25) is 0 Å². The van der Waals surface area contributed by atoms with E-state index in [1.807, 2.05) is 44.2 Å². The van der Waals surface area contributed by atoms with Gasteiger partial charge >= 0.3 is 0 Å². The molecule has 23 heavy (non-hydrogen) atoms. The topological polar surface area (TPSA) is 48.1 Å². The third-order valence-electron chi connectivity index (χ3n) is 3.61. The minimum atomic E-state index is 0.0198. The molecule has 2 aromatic carbocycles. The second-order valence-electron chi connectivity index (χ2n) is 5.53. The smallest absolute Gasteiger partial charge is 0.140 e. The minimum absolute atomic E-state index is 0.0198. The average molecular weight is 324 g/mol. The molecule has 4 heteroatoms. The first-order chi connectivity index (χ1) is 11.1. The molecule has 118 valence electrons. The van der Waals surface area contributed by atoms with Crippen LogP contribution in [0.2, 0.25) is 0 Å². The van der Waals surface area contributed by atoms with Gasteiger partial charge in [-0.2, -0.15) is 0 Å². The van der Waals surface area contributed by atoms with E-state index in [-0.39, 0.29) is 6.04 Å². The summed E-state index contributed by atoms with van der Waals surface area (Å²) in [6, 6.07) is 18.5. The Labute approximate surface area is 140 Å². The van der Waals surface area contributed by atoms with E-state index in [4.69, 9.17) is 10.5 Å². The van der Waals surface area contributed by atoms with Gasteiger partial charge in [-0.05, 0) is 37.1 Å². The third-order valence-corrected chi connectivity index (χ3v) is 4.95. The van der Waals surface area contributed by atoms with Crippen molar-refractivity contribution < 1.29 is 4.74 Å². The highest BCUT2D eigenvalue weighted by Gasteiger charge is 2.11. The third kappa shape index (κ3) is 3.78. The first kappa shape index (κ1) is 15.7. The summed E-state index contributed by atoms with van der Waals surface area (Å²) in [5, 5.41) is 0.960. The Kier molecular flexibility index (Phi) is 4.74. The van der Waals surface area contributed by atoms with E-state index in [0.29, 0.717) is 6.61 Å². The molecule has 1 aromatic heterocycles. The number of nitrogens with two attached hydrogens (primary N) is 1. The number of thiazole rings is 1. The summed E-state index contributed by atoms with van der Waals surface area (Å²) in [5.41, 5.74) is 9.33. The lowest BCUT2D eigenvalue weighted by Gasteiger charge is -2.06. The molecule has 0 fully saturated rings. The monoisotopic (exact) mass is 324 g/mol. The number of hydrogen-bond acceptors (Lipinski definition) is 4. The Morgan fingerprint density at radius 1 is 1.04 bits per heavy atom. The molecule has 1 heterocycles. The van der Waals surface area contributed by atoms with Crippen LogP contribution in [0.15, 0.2) is 54.6 Å². The molecule has 3 nitrogen and oxygen atoms in total. The van der Waals surface area contributed by atoms with Crippen molar-refractivity contribution in [3.8, 4) is 16.9 Å². The zero-order valence-corrected chi connectivity index (χ0v) is 14.1. The summed E-state index contributed by atoms with van der Waals surface area (Å²) in [4.78, 5) is 5.65. The van der Waals surface area contributed by atoms with Crippen LogP contribution in [0, 0.1) is 6.92 Å². The molecule has 2 N–H and O–H groups in total. The van der Waals surface area contributed by atoms with E-state index in [1.54, 1.807) is 11.3 Å². The van der Waals surface area contributed by atoms with Crippen molar-refractivity contribution in [1.29, 1.82) is 0 Å². The fraction of sp³-hybridized carbons (Fsp3) is 0.211. The maximum Gasteiger partial charge on any atom is 0.140 e. The highest BCUT2D eigenvalue weighted by atomic mass is 32.1. The van der Waals surface area contributed by atoms with Crippen molar-refractivity contribution in [2.24, 2.45) is 5.73 Å². The van der Waals surface area contributed by atoms with Gasteiger partial charge in [-0.25, -0.2) is 4.98 Å². The van der Waals surface area contributed by atoms with E-state index < -0.39 is 0 Å². The van der Waals surface area contributed by atoms with Crippen molar-refractivity contribution in [3.63, 3.8) is 0 Å². The van der Waals surface area contributed by atoms with Crippen LogP contribution in [0.3, 0.4) is 0 Å². The Hall–Kier alpha value is -2.17. The highest BCUT2D eigenvalue weighted by molar-refractivity contribution is 7.11. The standard InChI is InChI=1S/C19H20N2OS/c1-13(20)19-14(2)21-18(23-19)12-22-17-10-8-16(9-11-17)15-6-4-3-5-7-15/h3-11,13H,12,20H2,1-2H3. The summed E-state index contributed by atoms with van der Waals surface area (Å²) < 4.78 is 5.84. The Bertz CT molecular complexity index is 764. The van der Waals surface area contributed by atoms with Crippen molar-refractivity contribution in [2.75, 3.05) is 0 Å². The van der Waals surface area contributed by atoms with Crippen LogP contribution in [0.25, 0.3) is 11.1 Å². The first-order valence-corrected chi connectivity index (χ1v) is 8.45. The lowest BCUT2D eigenvalue weighted by Crippen LogP contribution is -2.03. The van der Waals surface area contributed by atoms with E-state index in [1.165, 1.54) is 11.1 Å². The molecular formula is C19H20N2OS. The minimum Gasteiger partial charge on any atom is -0.486 e. The molecule has 0 saturated heterocycles. The van der Waals surface area contributed by atoms with Crippen LogP contribution in [0.5, 0.6) is 5.75 Å². The summed E-state index contributed by atoms with van der Waals surface area (Å²) in [5.74, 6) is 0.847. The maximum absolute atomic E-state index is 5.94. The number of ether oxygens (including phenoxy) is 1. The van der Waals surface area contributed by atoms with Gasteiger partial charge in [-0.3, -0.25) is 0 Å². The van der Waals surface area contributed by atoms with Gasteiger partial charge in [0, 0.05) is 10.9 Å². The Morgan fingerprint density at radius 3 is 2.30 bits per heavy atom. The second kappa shape index (κ2) is 6.94. The lowest BCUT2D eigenvalue weighted by molar-refractivity contribution is 0.305. The maximum atomic E-state index is 5.94. The van der Waals surface area contributed by atoms with Crippen LogP contribution >= 0.6 is 11.3 Å². The number of benzene rings is 2. The normalized spacial score (nSPS) is 12.1. The molecule has 0 bridgehead atoms. The average Bonchev–Trinajstić information content (AvgIpc) is 2.95. The summed E-state index contributed by atoms with van der Waals surface area (Å²) in [7, 11) is 0. The summed E-state index contributed by atoms with van der Waals surface area (Å²) in [6.45, 7) is 4.45. The Balaban J connectivity index is 1.66. The number of rotatable bonds is 5. The van der Waals surface area contributed by atoms with E-state index in [0.717, 1.165) is 21.3 Å². The van der Waals surface area contributed by atoms with Crippen molar-refractivity contribution >= 4 is 11.3 Å². The zero-order chi connectivity index (χ0) is 16.2. The largest absolute Gasteiger partial charge is 0.486 e. The SMILES string of the molecule is Cc1nc(COc2ccc(-c3ccccc3)cc2)sc1C(C)N. The molecule has 0 saturated carbocycles. The van der Waals surface area contributed by atoms with Crippen molar-refractivity contribution in [1.82, 2.24) is 4.98 Å². The fourth-order valence-electron chi connectivity index (χ4n) is 2.47. The molecule has 3 rings (SSSR count). The lowest BCUT2D eigenvalue weighted by atomic mass is 10.1. The van der Waals surface area contributed by atoms with Crippen LogP contribution < -0.4 is 10.5 Å². The van der Waals surface area contributed by atoms with Crippen molar-refractivity contribution in [3.05, 3.63) is 70.2 Å². The number of nitrogens with zero attached hydrogens (tertiary/aromatic N) is 1. The van der Waals surface area contributed by atoms with Gasteiger partial charge in [-0.15, -0.1) is 11.3 Å². The van der Waals surface area contributed by atoms with Crippen LogP contribution in [-0.2, 0) is 6.61 Å². The molecule has 1 atom stereocenters. The molecule has 0 aliphatic heterocycles. The number of aromatic nitrogens is 1. The van der Waals surface area contributed by atoms with E-state index in [2.05, 4.69) is 29.2 Å². The van der Waals surface area contributed by atoms with Gasteiger partial charge in [0.25, 0.3) is 0 Å². The summed E-state index contributed by atoms with van der Waals surface area (Å²) in [6.07, 6.45) is 0. The molecule has 3 aromatic rings. The molecular weight excluding hydrogens is 304 g/mol.